The molecule has 2 aromatic carbocycles. The number of halogens is 1. The van der Waals surface area contributed by atoms with Crippen molar-refractivity contribution in [2.24, 2.45) is 0 Å². The molecule has 0 unspecified atom stereocenters. The van der Waals surface area contributed by atoms with Crippen LogP contribution in [0.1, 0.15) is 49.3 Å². The Labute approximate surface area is 289 Å². The fourth-order valence-electron chi connectivity index (χ4n) is 7.80. The van der Waals surface area contributed by atoms with Gasteiger partial charge in [0.15, 0.2) is 0 Å². The molecule has 0 aromatic heterocycles. The third-order valence-electron chi connectivity index (χ3n) is 10.9. The van der Waals surface area contributed by atoms with Crippen LogP contribution in [0.5, 0.6) is 0 Å². The first-order valence-corrected chi connectivity index (χ1v) is 18.1. The number of piperidine rings is 2. The molecule has 1 atom stereocenters. The lowest BCUT2D eigenvalue weighted by molar-refractivity contribution is -0.135. The largest absolute Gasteiger partial charge is 0.397 e. The number of para-hydroxylation sites is 1. The highest BCUT2D eigenvalue weighted by Gasteiger charge is 2.35. The van der Waals surface area contributed by atoms with E-state index in [1.165, 1.54) is 0 Å². The van der Waals surface area contributed by atoms with Crippen LogP contribution in [0.3, 0.4) is 0 Å². The molecule has 0 spiro atoms. The van der Waals surface area contributed by atoms with Crippen molar-refractivity contribution in [3.63, 3.8) is 0 Å². The molecular formula is C36H51ClN8O3. The van der Waals surface area contributed by atoms with Gasteiger partial charge in [-0.3, -0.25) is 9.69 Å². The van der Waals surface area contributed by atoms with E-state index in [0.29, 0.717) is 68.7 Å². The van der Waals surface area contributed by atoms with Gasteiger partial charge in [0.1, 0.15) is 6.04 Å². The summed E-state index contributed by atoms with van der Waals surface area (Å²) in [6, 6.07) is 11.2. The molecule has 260 valence electrons. The smallest absolute Gasteiger partial charge is 0.322 e. The molecule has 3 saturated heterocycles. The number of fused-ring (bicyclic) bond motifs is 1. The molecule has 4 heterocycles. The van der Waals surface area contributed by atoms with Crippen LogP contribution in [0.4, 0.5) is 21.0 Å². The van der Waals surface area contributed by atoms with Crippen molar-refractivity contribution in [3.05, 3.63) is 58.1 Å². The first-order valence-electron chi connectivity index (χ1n) is 17.7. The third kappa shape index (κ3) is 7.84. The standard InChI is InChI=1S/C36H51ClN8O3/c1-3-26-22-25(23-30(37)33(26)38)24-32(34(46)43-13-9-28(10-14-43)42-20-18-41(2)19-21-42)40-35(47)44-15-11-29(12-16-44)45-17-8-27-6-4-5-7-31(27)39-36(45)48/h4-7,22-23,28-29,32H,3,8-21,24,38H2,1-2H3,(H,39,48)(H,40,47)/t32-/m0/s1. The highest BCUT2D eigenvalue weighted by molar-refractivity contribution is 6.33. The van der Waals surface area contributed by atoms with Gasteiger partial charge in [-0.1, -0.05) is 42.8 Å². The van der Waals surface area contributed by atoms with Gasteiger partial charge in [0.2, 0.25) is 5.91 Å². The number of hydrogen-bond donors (Lipinski definition) is 3. The second-order valence-electron chi connectivity index (χ2n) is 13.9. The number of nitrogen functional groups attached to an aromatic ring is 1. The van der Waals surface area contributed by atoms with Crippen molar-refractivity contribution in [1.82, 2.24) is 29.8 Å². The van der Waals surface area contributed by atoms with Crippen LogP contribution in [0, 0.1) is 0 Å². The van der Waals surface area contributed by atoms with Crippen molar-refractivity contribution in [2.75, 3.05) is 77.0 Å². The summed E-state index contributed by atoms with van der Waals surface area (Å²) in [5, 5.41) is 6.66. The Morgan fingerprint density at radius 3 is 2.31 bits per heavy atom. The van der Waals surface area contributed by atoms with E-state index in [1.807, 2.05) is 47.1 Å². The third-order valence-corrected chi connectivity index (χ3v) is 11.2. The van der Waals surface area contributed by atoms with Crippen LogP contribution in [-0.2, 0) is 24.1 Å². The van der Waals surface area contributed by atoms with Crippen LogP contribution >= 0.6 is 11.6 Å². The summed E-state index contributed by atoms with van der Waals surface area (Å²) in [6.07, 6.45) is 5.09. The van der Waals surface area contributed by atoms with E-state index < -0.39 is 6.04 Å². The molecule has 4 aliphatic rings. The number of aryl methyl sites for hydroxylation is 1. The zero-order chi connectivity index (χ0) is 33.8. The van der Waals surface area contributed by atoms with E-state index in [2.05, 4.69) is 33.5 Å². The maximum Gasteiger partial charge on any atom is 0.322 e. The van der Waals surface area contributed by atoms with Crippen LogP contribution < -0.4 is 16.4 Å². The molecule has 48 heavy (non-hydrogen) atoms. The lowest BCUT2D eigenvalue weighted by Crippen LogP contribution is -2.58. The first-order chi connectivity index (χ1) is 23.2. The number of urea groups is 2. The monoisotopic (exact) mass is 678 g/mol. The number of amides is 5. The minimum Gasteiger partial charge on any atom is -0.397 e. The number of hydrogen-bond acceptors (Lipinski definition) is 6. The van der Waals surface area contributed by atoms with E-state index in [9.17, 15) is 14.4 Å². The number of carbonyl (C=O) groups excluding carboxylic acids is 3. The molecule has 3 fully saturated rings. The van der Waals surface area contributed by atoms with Crippen LogP contribution in [0.15, 0.2) is 36.4 Å². The SMILES string of the molecule is CCc1cc(C[C@H](NC(=O)N2CCC(N3CCc4ccccc4NC3=O)CC2)C(=O)N2CCC(N3CCN(C)CC3)CC2)cc(Cl)c1N. The maximum absolute atomic E-state index is 14.1. The second kappa shape index (κ2) is 15.3. The molecule has 11 nitrogen and oxygen atoms in total. The summed E-state index contributed by atoms with van der Waals surface area (Å²) in [5.74, 6) is -0.0538. The zero-order valence-corrected chi connectivity index (χ0v) is 29.2. The van der Waals surface area contributed by atoms with Crippen LogP contribution in [-0.4, -0.2) is 127 Å². The first kappa shape index (κ1) is 34.3. The van der Waals surface area contributed by atoms with Gasteiger partial charge < -0.3 is 36.0 Å². The van der Waals surface area contributed by atoms with E-state index in [4.69, 9.17) is 17.3 Å². The Morgan fingerprint density at radius 2 is 1.60 bits per heavy atom. The number of rotatable bonds is 7. The van der Waals surface area contributed by atoms with Gasteiger partial charge in [0.05, 0.1) is 10.7 Å². The van der Waals surface area contributed by atoms with Crippen molar-refractivity contribution >= 4 is 40.9 Å². The number of nitrogens with one attached hydrogen (secondary N) is 2. The van der Waals surface area contributed by atoms with Crippen molar-refractivity contribution in [2.45, 2.75) is 70.0 Å². The number of piperazine rings is 1. The summed E-state index contributed by atoms with van der Waals surface area (Å²) in [5.41, 5.74) is 10.6. The van der Waals surface area contributed by atoms with Crippen molar-refractivity contribution in [3.8, 4) is 0 Å². The van der Waals surface area contributed by atoms with E-state index >= 15 is 0 Å². The summed E-state index contributed by atoms with van der Waals surface area (Å²) >= 11 is 6.50. The molecule has 0 saturated carbocycles. The topological polar surface area (TPSA) is 117 Å². The number of nitrogens with zero attached hydrogens (tertiary/aromatic N) is 5. The van der Waals surface area contributed by atoms with Gasteiger partial charge in [0, 0.05) is 83.1 Å². The lowest BCUT2D eigenvalue weighted by atomic mass is 9.98. The zero-order valence-electron chi connectivity index (χ0n) is 28.4. The van der Waals surface area contributed by atoms with E-state index in [1.54, 1.807) is 4.90 Å². The molecule has 0 aliphatic carbocycles. The van der Waals surface area contributed by atoms with Crippen LogP contribution in [0.2, 0.25) is 5.02 Å². The number of anilines is 2. The molecule has 4 N–H and O–H groups in total. The molecule has 0 radical (unpaired) electrons. The highest BCUT2D eigenvalue weighted by Crippen LogP contribution is 2.28. The number of likely N-dealkylation sites (N-methyl/N-ethyl adjacent to an activating group) is 1. The molecule has 5 amide bonds. The normalized spacial score (nSPS) is 21.0. The minimum atomic E-state index is -0.727. The van der Waals surface area contributed by atoms with Gasteiger partial charge in [-0.25, -0.2) is 9.59 Å². The summed E-state index contributed by atoms with van der Waals surface area (Å²) in [7, 11) is 2.17. The molecule has 6 rings (SSSR count). The maximum atomic E-state index is 14.1. The predicted molar refractivity (Wildman–Crippen MR) is 190 cm³/mol. The van der Waals surface area contributed by atoms with Gasteiger partial charge >= 0.3 is 12.1 Å². The Bertz CT molecular complexity index is 1470. The van der Waals surface area contributed by atoms with Gasteiger partial charge in [-0.15, -0.1) is 0 Å². The average Bonchev–Trinajstić information content (AvgIpc) is 3.27. The summed E-state index contributed by atoms with van der Waals surface area (Å²) in [6.45, 7) is 9.34. The molecular weight excluding hydrogens is 628 g/mol. The molecule has 12 heteroatoms. The number of carbonyl (C=O) groups is 3. The number of benzene rings is 2. The van der Waals surface area contributed by atoms with E-state index in [0.717, 1.165) is 74.2 Å². The fourth-order valence-corrected chi connectivity index (χ4v) is 8.06. The van der Waals surface area contributed by atoms with Crippen LogP contribution in [0.25, 0.3) is 0 Å². The molecule has 2 aromatic rings. The van der Waals surface area contributed by atoms with Crippen molar-refractivity contribution < 1.29 is 14.4 Å². The lowest BCUT2D eigenvalue weighted by Gasteiger charge is -2.42. The van der Waals surface area contributed by atoms with Gasteiger partial charge in [0.25, 0.3) is 0 Å². The van der Waals surface area contributed by atoms with Crippen molar-refractivity contribution in [1.29, 1.82) is 0 Å². The Kier molecular flexibility index (Phi) is 11.0. The fraction of sp³-hybridized carbons (Fsp3) is 0.583. The minimum absolute atomic E-state index is 0.0479. The van der Waals surface area contributed by atoms with Gasteiger partial charge in [-0.05, 0) is 74.4 Å². The quantitative estimate of drug-likeness (QED) is 0.383. The highest BCUT2D eigenvalue weighted by atomic mass is 35.5. The second-order valence-corrected chi connectivity index (χ2v) is 14.3. The predicted octanol–water partition coefficient (Wildman–Crippen LogP) is 3.90. The van der Waals surface area contributed by atoms with Gasteiger partial charge in [-0.2, -0.15) is 0 Å². The molecule has 0 bridgehead atoms. The van der Waals surface area contributed by atoms with E-state index in [-0.39, 0.29) is 24.0 Å². The Balaban J connectivity index is 1.09. The number of nitrogens with two attached hydrogens (primary N) is 1. The summed E-state index contributed by atoms with van der Waals surface area (Å²) < 4.78 is 0. The average molecular weight is 679 g/mol. The number of likely N-dealkylation sites (tertiary alicyclic amines) is 2. The Hall–Kier alpha value is -3.54. The molecule has 4 aliphatic heterocycles. The summed E-state index contributed by atoms with van der Waals surface area (Å²) in [4.78, 5) is 51.6. The Morgan fingerprint density at radius 1 is 0.938 bits per heavy atom.